The van der Waals surface area contributed by atoms with E-state index in [4.69, 9.17) is 4.74 Å². The maximum absolute atomic E-state index is 13.5. The van der Waals surface area contributed by atoms with Gasteiger partial charge in [-0.05, 0) is 49.1 Å². The normalized spacial score (nSPS) is 13.2. The van der Waals surface area contributed by atoms with Gasteiger partial charge in [0.1, 0.15) is 5.82 Å². The molecule has 19 heavy (non-hydrogen) atoms. The molecule has 0 radical (unpaired) electrons. The number of aromatic nitrogens is 1. The van der Waals surface area contributed by atoms with E-state index >= 15 is 0 Å². The summed E-state index contributed by atoms with van der Waals surface area (Å²) in [5, 5.41) is 0.854. The summed E-state index contributed by atoms with van der Waals surface area (Å²) in [4.78, 5) is 4.42. The first-order valence-corrected chi connectivity index (χ1v) is 6.74. The van der Waals surface area contributed by atoms with Gasteiger partial charge in [-0.2, -0.15) is 0 Å². The smallest absolute Gasteiger partial charge is 0.123 e. The summed E-state index contributed by atoms with van der Waals surface area (Å²) in [7, 11) is 0. The Balaban J connectivity index is 2.71. The number of fused-ring (bicyclic) bond motifs is 1. The van der Waals surface area contributed by atoms with Gasteiger partial charge in [0, 0.05) is 18.2 Å². The summed E-state index contributed by atoms with van der Waals surface area (Å²) in [6.45, 7) is 8.84. The van der Waals surface area contributed by atoms with Gasteiger partial charge in [0.05, 0.1) is 11.6 Å². The summed E-state index contributed by atoms with van der Waals surface area (Å²) in [5.74, 6) is 0.0956. The van der Waals surface area contributed by atoms with E-state index in [-0.39, 0.29) is 11.9 Å². The fourth-order valence-electron chi connectivity index (χ4n) is 2.45. The van der Waals surface area contributed by atoms with Crippen LogP contribution in [0.2, 0.25) is 0 Å². The second-order valence-corrected chi connectivity index (χ2v) is 5.04. The van der Waals surface area contributed by atoms with Crippen LogP contribution in [0.3, 0.4) is 0 Å². The van der Waals surface area contributed by atoms with E-state index in [1.54, 1.807) is 12.1 Å². The average Bonchev–Trinajstić information content (AvgIpc) is 2.37. The molecule has 1 aromatic carbocycles. The molecule has 0 bridgehead atoms. The molecule has 0 saturated carbocycles. The molecule has 2 rings (SSSR count). The van der Waals surface area contributed by atoms with Gasteiger partial charge in [-0.1, -0.05) is 13.8 Å². The lowest BCUT2D eigenvalue weighted by Crippen LogP contribution is -2.07. The molecular formula is C16H20FNO. The first kappa shape index (κ1) is 13.9. The molecule has 102 valence electrons. The van der Waals surface area contributed by atoms with E-state index in [0.29, 0.717) is 12.5 Å². The van der Waals surface area contributed by atoms with E-state index in [1.807, 2.05) is 20.0 Å². The van der Waals surface area contributed by atoms with Gasteiger partial charge in [-0.3, -0.25) is 4.98 Å². The van der Waals surface area contributed by atoms with Gasteiger partial charge in [0.25, 0.3) is 0 Å². The highest BCUT2D eigenvalue weighted by molar-refractivity contribution is 5.83. The summed E-state index contributed by atoms with van der Waals surface area (Å²) in [5.41, 5.74) is 2.99. The highest BCUT2D eigenvalue weighted by Crippen LogP contribution is 2.32. The molecule has 1 atom stereocenters. The van der Waals surface area contributed by atoms with Crippen molar-refractivity contribution in [3.63, 3.8) is 0 Å². The Hall–Kier alpha value is -1.48. The third kappa shape index (κ3) is 2.76. The molecule has 0 spiro atoms. The monoisotopic (exact) mass is 261 g/mol. The van der Waals surface area contributed by atoms with E-state index in [0.717, 1.165) is 22.0 Å². The van der Waals surface area contributed by atoms with Crippen molar-refractivity contribution in [1.29, 1.82) is 0 Å². The average molecular weight is 261 g/mol. The lowest BCUT2D eigenvalue weighted by atomic mass is 9.92. The minimum absolute atomic E-state index is 0.0605. The number of nitrogens with zero attached hydrogens (tertiary/aromatic N) is 1. The molecule has 2 aromatic rings. The molecule has 0 amide bonds. The lowest BCUT2D eigenvalue weighted by molar-refractivity contribution is 0.0766. The Morgan fingerprint density at radius 2 is 2.00 bits per heavy atom. The maximum Gasteiger partial charge on any atom is 0.123 e. The van der Waals surface area contributed by atoms with Crippen molar-refractivity contribution in [1.82, 2.24) is 4.98 Å². The predicted octanol–water partition coefficient (Wildman–Crippen LogP) is 4.59. The third-order valence-electron chi connectivity index (χ3n) is 3.35. The highest BCUT2D eigenvalue weighted by Gasteiger charge is 2.17. The number of hydrogen-bond acceptors (Lipinski definition) is 2. The molecule has 0 aliphatic rings. The van der Waals surface area contributed by atoms with Gasteiger partial charge in [0.2, 0.25) is 0 Å². The number of hydrogen-bond donors (Lipinski definition) is 0. The second-order valence-electron chi connectivity index (χ2n) is 5.04. The molecule has 1 heterocycles. The van der Waals surface area contributed by atoms with E-state index in [2.05, 4.69) is 18.8 Å². The van der Waals surface area contributed by atoms with Gasteiger partial charge >= 0.3 is 0 Å². The lowest BCUT2D eigenvalue weighted by Gasteiger charge is -2.20. The standard InChI is InChI=1S/C16H20FNO/c1-5-19-11(4)16-13-8-12(17)6-7-15(13)18-9-14(16)10(2)3/h6-11H,5H2,1-4H3. The van der Waals surface area contributed by atoms with E-state index in [9.17, 15) is 4.39 Å². The first-order chi connectivity index (χ1) is 9.04. The summed E-state index contributed by atoms with van der Waals surface area (Å²) >= 11 is 0. The van der Waals surface area contributed by atoms with Crippen LogP contribution in [-0.4, -0.2) is 11.6 Å². The minimum Gasteiger partial charge on any atom is -0.374 e. The SMILES string of the molecule is CCOC(C)c1c(C(C)C)cnc2ccc(F)cc12. The predicted molar refractivity (Wildman–Crippen MR) is 75.8 cm³/mol. The van der Waals surface area contributed by atoms with Crippen LogP contribution in [0.15, 0.2) is 24.4 Å². The van der Waals surface area contributed by atoms with Crippen LogP contribution in [-0.2, 0) is 4.74 Å². The highest BCUT2D eigenvalue weighted by atomic mass is 19.1. The van der Waals surface area contributed by atoms with Crippen LogP contribution in [0.25, 0.3) is 10.9 Å². The van der Waals surface area contributed by atoms with Crippen molar-refractivity contribution in [2.75, 3.05) is 6.61 Å². The van der Waals surface area contributed by atoms with Crippen LogP contribution < -0.4 is 0 Å². The molecule has 1 unspecified atom stereocenters. The Bertz CT molecular complexity index is 580. The molecule has 0 aliphatic heterocycles. The van der Waals surface area contributed by atoms with Gasteiger partial charge in [-0.15, -0.1) is 0 Å². The molecule has 2 nitrogen and oxygen atoms in total. The van der Waals surface area contributed by atoms with Crippen molar-refractivity contribution in [3.05, 3.63) is 41.3 Å². The third-order valence-corrected chi connectivity index (χ3v) is 3.35. The zero-order chi connectivity index (χ0) is 14.0. The molecular weight excluding hydrogens is 241 g/mol. The van der Waals surface area contributed by atoms with Crippen molar-refractivity contribution in [2.24, 2.45) is 0 Å². The van der Waals surface area contributed by atoms with Crippen LogP contribution in [0.5, 0.6) is 0 Å². The largest absolute Gasteiger partial charge is 0.374 e. The van der Waals surface area contributed by atoms with Gasteiger partial charge < -0.3 is 4.74 Å². The zero-order valence-electron chi connectivity index (χ0n) is 11.9. The fraction of sp³-hybridized carbons (Fsp3) is 0.438. The molecule has 0 N–H and O–H groups in total. The van der Waals surface area contributed by atoms with Gasteiger partial charge in [-0.25, -0.2) is 4.39 Å². The Labute approximate surface area is 113 Å². The summed E-state index contributed by atoms with van der Waals surface area (Å²) in [6.07, 6.45) is 1.82. The van der Waals surface area contributed by atoms with Gasteiger partial charge in [0.15, 0.2) is 0 Å². The van der Waals surface area contributed by atoms with E-state index < -0.39 is 0 Å². The molecule has 0 saturated heterocycles. The Morgan fingerprint density at radius 3 is 2.63 bits per heavy atom. The summed E-state index contributed by atoms with van der Waals surface area (Å²) < 4.78 is 19.2. The second kappa shape index (κ2) is 5.66. The number of pyridine rings is 1. The number of benzene rings is 1. The quantitative estimate of drug-likeness (QED) is 0.802. The Morgan fingerprint density at radius 1 is 1.26 bits per heavy atom. The first-order valence-electron chi connectivity index (χ1n) is 6.74. The molecule has 1 aromatic heterocycles. The van der Waals surface area contributed by atoms with Crippen LogP contribution in [0.4, 0.5) is 4.39 Å². The summed E-state index contributed by atoms with van der Waals surface area (Å²) in [6, 6.07) is 4.72. The fourth-order valence-corrected chi connectivity index (χ4v) is 2.45. The number of halogens is 1. The van der Waals surface area contributed by atoms with Crippen molar-refractivity contribution in [3.8, 4) is 0 Å². The van der Waals surface area contributed by atoms with Crippen LogP contribution in [0.1, 0.15) is 50.8 Å². The van der Waals surface area contributed by atoms with Crippen molar-refractivity contribution >= 4 is 10.9 Å². The topological polar surface area (TPSA) is 22.1 Å². The van der Waals surface area contributed by atoms with Crippen LogP contribution in [0, 0.1) is 5.82 Å². The Kier molecular flexibility index (Phi) is 4.15. The van der Waals surface area contributed by atoms with Crippen molar-refractivity contribution in [2.45, 2.75) is 39.7 Å². The number of rotatable bonds is 4. The number of ether oxygens (including phenoxy) is 1. The van der Waals surface area contributed by atoms with E-state index in [1.165, 1.54) is 6.07 Å². The molecule has 3 heteroatoms. The minimum atomic E-state index is -0.236. The van der Waals surface area contributed by atoms with Crippen molar-refractivity contribution < 1.29 is 9.13 Å². The maximum atomic E-state index is 13.5. The van der Waals surface area contributed by atoms with Crippen LogP contribution >= 0.6 is 0 Å². The zero-order valence-corrected chi connectivity index (χ0v) is 11.9. The molecule has 0 aliphatic carbocycles. The molecule has 0 fully saturated rings.